The number of hydrogen-bond donors (Lipinski definition) is 2. The first kappa shape index (κ1) is 15.7. The molecule has 0 radical (unpaired) electrons. The lowest BCUT2D eigenvalue weighted by molar-refractivity contribution is -0.144. The monoisotopic (exact) mass is 283 g/mol. The van der Waals surface area contributed by atoms with Crippen molar-refractivity contribution in [2.75, 3.05) is 33.7 Å². The van der Waals surface area contributed by atoms with Gasteiger partial charge in [0, 0.05) is 31.7 Å². The Bertz CT molecular complexity index is 357. The molecule has 116 valence electrons. The fourth-order valence-electron chi connectivity index (χ4n) is 3.20. The van der Waals surface area contributed by atoms with Crippen molar-refractivity contribution in [2.24, 2.45) is 5.92 Å². The second kappa shape index (κ2) is 6.00. The molecule has 2 rings (SSSR count). The van der Waals surface area contributed by atoms with E-state index < -0.39 is 11.5 Å². The highest BCUT2D eigenvalue weighted by molar-refractivity contribution is 5.78. The molecule has 0 aromatic carbocycles. The Morgan fingerprint density at radius 3 is 2.50 bits per heavy atom. The molecule has 5 heteroatoms. The van der Waals surface area contributed by atoms with Crippen LogP contribution in [0.4, 0.5) is 0 Å². The zero-order valence-electron chi connectivity index (χ0n) is 13.2. The van der Waals surface area contributed by atoms with Gasteiger partial charge in [0.15, 0.2) is 0 Å². The van der Waals surface area contributed by atoms with Crippen molar-refractivity contribution >= 4 is 5.97 Å². The van der Waals surface area contributed by atoms with Gasteiger partial charge in [0.1, 0.15) is 5.54 Å². The molecule has 0 bridgehead atoms. The summed E-state index contributed by atoms with van der Waals surface area (Å²) in [4.78, 5) is 16.2. The smallest absolute Gasteiger partial charge is 0.323 e. The number of nitrogens with one attached hydrogen (secondary N) is 1. The van der Waals surface area contributed by atoms with E-state index in [-0.39, 0.29) is 0 Å². The van der Waals surface area contributed by atoms with E-state index in [9.17, 15) is 9.90 Å². The SMILES string of the molecule is CC1CN(CCC(C)(NC2CC2)C(=O)O)CC1N(C)C. The van der Waals surface area contributed by atoms with E-state index in [4.69, 9.17) is 0 Å². The fraction of sp³-hybridized carbons (Fsp3) is 0.933. The number of likely N-dealkylation sites (tertiary alicyclic amines) is 1. The lowest BCUT2D eigenvalue weighted by Crippen LogP contribution is -2.52. The Kier molecular flexibility index (Phi) is 4.72. The molecule has 1 aliphatic heterocycles. The molecular weight excluding hydrogens is 254 g/mol. The number of nitrogens with zero attached hydrogens (tertiary/aromatic N) is 2. The molecule has 0 spiro atoms. The van der Waals surface area contributed by atoms with Crippen LogP contribution in [0.2, 0.25) is 0 Å². The fourth-order valence-corrected chi connectivity index (χ4v) is 3.20. The molecule has 2 N–H and O–H groups in total. The average molecular weight is 283 g/mol. The Morgan fingerprint density at radius 1 is 1.40 bits per heavy atom. The van der Waals surface area contributed by atoms with Crippen LogP contribution in [0.25, 0.3) is 0 Å². The first-order valence-electron chi connectivity index (χ1n) is 7.71. The summed E-state index contributed by atoms with van der Waals surface area (Å²) in [6.07, 6.45) is 2.91. The molecule has 20 heavy (non-hydrogen) atoms. The third-order valence-corrected chi connectivity index (χ3v) is 4.81. The summed E-state index contributed by atoms with van der Waals surface area (Å²) in [5.74, 6) is -0.0710. The third-order valence-electron chi connectivity index (χ3n) is 4.81. The van der Waals surface area contributed by atoms with Crippen LogP contribution in [0, 0.1) is 5.92 Å². The molecule has 2 aliphatic rings. The van der Waals surface area contributed by atoms with Crippen LogP contribution in [-0.2, 0) is 4.79 Å². The molecule has 1 saturated carbocycles. The molecule has 3 atom stereocenters. The van der Waals surface area contributed by atoms with E-state index in [1.54, 1.807) is 0 Å². The highest BCUT2D eigenvalue weighted by atomic mass is 16.4. The zero-order valence-corrected chi connectivity index (χ0v) is 13.2. The van der Waals surface area contributed by atoms with Crippen molar-refractivity contribution in [2.45, 2.75) is 50.7 Å². The minimum Gasteiger partial charge on any atom is -0.480 e. The van der Waals surface area contributed by atoms with Gasteiger partial charge in [0.2, 0.25) is 0 Å². The van der Waals surface area contributed by atoms with Gasteiger partial charge in [-0.05, 0) is 46.2 Å². The maximum atomic E-state index is 11.5. The van der Waals surface area contributed by atoms with E-state index in [1.165, 1.54) is 0 Å². The van der Waals surface area contributed by atoms with Crippen molar-refractivity contribution in [3.8, 4) is 0 Å². The van der Waals surface area contributed by atoms with Gasteiger partial charge < -0.3 is 14.9 Å². The lowest BCUT2D eigenvalue weighted by Gasteiger charge is -2.29. The van der Waals surface area contributed by atoms with Gasteiger partial charge in [-0.3, -0.25) is 10.1 Å². The standard InChI is InChI=1S/C15H29N3O2/c1-11-9-18(10-13(11)17(3)4)8-7-15(2,14(19)20)16-12-5-6-12/h11-13,16H,5-10H2,1-4H3,(H,19,20). The van der Waals surface area contributed by atoms with Gasteiger partial charge >= 0.3 is 5.97 Å². The van der Waals surface area contributed by atoms with Crippen LogP contribution in [0.5, 0.6) is 0 Å². The topological polar surface area (TPSA) is 55.8 Å². The quantitative estimate of drug-likeness (QED) is 0.725. The highest BCUT2D eigenvalue weighted by Crippen LogP contribution is 2.26. The van der Waals surface area contributed by atoms with Crippen LogP contribution in [0.1, 0.15) is 33.1 Å². The summed E-state index contributed by atoms with van der Waals surface area (Å²) in [5.41, 5.74) is -0.777. The number of carbonyl (C=O) groups is 1. The molecule has 1 saturated heterocycles. The highest BCUT2D eigenvalue weighted by Gasteiger charge is 2.39. The summed E-state index contributed by atoms with van der Waals surface area (Å²) < 4.78 is 0. The molecule has 1 aliphatic carbocycles. The second-order valence-electron chi connectivity index (χ2n) is 7.07. The number of rotatable bonds is 7. The Balaban J connectivity index is 1.85. The largest absolute Gasteiger partial charge is 0.480 e. The summed E-state index contributed by atoms with van der Waals surface area (Å²) in [6.45, 7) is 7.09. The van der Waals surface area contributed by atoms with Gasteiger partial charge in [0.05, 0.1) is 0 Å². The van der Waals surface area contributed by atoms with Gasteiger partial charge in [-0.1, -0.05) is 6.92 Å². The average Bonchev–Trinajstić information content (AvgIpc) is 3.07. The summed E-state index contributed by atoms with van der Waals surface area (Å²) in [7, 11) is 4.25. The predicted octanol–water partition coefficient (Wildman–Crippen LogP) is 0.854. The summed E-state index contributed by atoms with van der Waals surface area (Å²) in [5, 5.41) is 12.8. The van der Waals surface area contributed by atoms with Crippen molar-refractivity contribution < 1.29 is 9.90 Å². The maximum absolute atomic E-state index is 11.5. The van der Waals surface area contributed by atoms with Gasteiger partial charge in [0.25, 0.3) is 0 Å². The van der Waals surface area contributed by atoms with Crippen LogP contribution in [0.15, 0.2) is 0 Å². The van der Waals surface area contributed by atoms with Crippen LogP contribution in [-0.4, -0.2) is 72.2 Å². The van der Waals surface area contributed by atoms with Crippen LogP contribution in [0.3, 0.4) is 0 Å². The first-order valence-corrected chi connectivity index (χ1v) is 7.71. The van der Waals surface area contributed by atoms with Crippen molar-refractivity contribution in [1.82, 2.24) is 15.1 Å². The van der Waals surface area contributed by atoms with Crippen LogP contribution < -0.4 is 5.32 Å². The Hall–Kier alpha value is -0.650. The molecule has 0 aromatic heterocycles. The van der Waals surface area contributed by atoms with Crippen molar-refractivity contribution in [1.29, 1.82) is 0 Å². The predicted molar refractivity (Wildman–Crippen MR) is 79.9 cm³/mol. The third kappa shape index (κ3) is 3.71. The number of carboxylic acids is 1. The number of aliphatic carboxylic acids is 1. The normalized spacial score (nSPS) is 30.6. The summed E-state index contributed by atoms with van der Waals surface area (Å²) >= 11 is 0. The molecule has 3 unspecified atom stereocenters. The van der Waals surface area contributed by atoms with Crippen molar-refractivity contribution in [3.63, 3.8) is 0 Å². The van der Waals surface area contributed by atoms with E-state index in [0.717, 1.165) is 32.5 Å². The molecule has 0 aromatic rings. The van der Waals surface area contributed by atoms with Crippen molar-refractivity contribution in [3.05, 3.63) is 0 Å². The molecule has 2 fully saturated rings. The van der Waals surface area contributed by atoms with E-state index in [2.05, 4.69) is 36.1 Å². The maximum Gasteiger partial charge on any atom is 0.323 e. The lowest BCUT2D eigenvalue weighted by atomic mass is 9.97. The number of hydrogen-bond acceptors (Lipinski definition) is 4. The second-order valence-corrected chi connectivity index (χ2v) is 7.07. The van der Waals surface area contributed by atoms with Crippen LogP contribution >= 0.6 is 0 Å². The van der Waals surface area contributed by atoms with Gasteiger partial charge in [-0.15, -0.1) is 0 Å². The first-order chi connectivity index (χ1) is 9.32. The molecule has 5 nitrogen and oxygen atoms in total. The molecule has 1 heterocycles. The van der Waals surface area contributed by atoms with E-state index >= 15 is 0 Å². The Labute approximate surface area is 122 Å². The minimum absolute atomic E-state index is 0.420. The summed E-state index contributed by atoms with van der Waals surface area (Å²) in [6, 6.07) is 1.01. The molecule has 0 amide bonds. The number of carboxylic acid groups (broad SMARTS) is 1. The molecular formula is C15H29N3O2. The van der Waals surface area contributed by atoms with E-state index in [0.29, 0.717) is 24.4 Å². The zero-order chi connectivity index (χ0) is 14.9. The van der Waals surface area contributed by atoms with Gasteiger partial charge in [-0.2, -0.15) is 0 Å². The van der Waals surface area contributed by atoms with E-state index in [1.807, 2.05) is 6.92 Å². The Morgan fingerprint density at radius 2 is 2.05 bits per heavy atom. The number of likely N-dealkylation sites (N-methyl/N-ethyl adjacent to an activating group) is 1. The minimum atomic E-state index is -0.777. The van der Waals surface area contributed by atoms with Gasteiger partial charge in [-0.25, -0.2) is 0 Å².